The number of nitrogens with one attached hydrogen (secondary N) is 1. The summed E-state index contributed by atoms with van der Waals surface area (Å²) in [4.78, 5) is 12.0. The van der Waals surface area contributed by atoms with Crippen molar-refractivity contribution in [2.45, 2.75) is 46.0 Å². The molecule has 2 rings (SSSR count). The highest BCUT2D eigenvalue weighted by Crippen LogP contribution is 2.29. The summed E-state index contributed by atoms with van der Waals surface area (Å²) >= 11 is 4.89. The number of amides is 1. The van der Waals surface area contributed by atoms with Crippen molar-refractivity contribution in [1.82, 2.24) is 10.2 Å². The molecule has 1 N–H and O–H groups in total. The summed E-state index contributed by atoms with van der Waals surface area (Å²) in [5.74, 6) is 0.849. The SMILES string of the molecule is CCCCc1nnc(NC(=O)COc2ccc(C(C)C)cc2Br)s1. The fraction of sp³-hybridized carbons (Fsp3) is 0.471. The zero-order valence-electron chi connectivity index (χ0n) is 14.1. The molecule has 24 heavy (non-hydrogen) atoms. The molecule has 0 saturated carbocycles. The first kappa shape index (κ1) is 18.9. The molecule has 0 atom stereocenters. The number of ether oxygens (including phenoxy) is 1. The number of carbonyl (C=O) groups is 1. The Morgan fingerprint density at radius 1 is 1.38 bits per heavy atom. The molecule has 1 aromatic carbocycles. The van der Waals surface area contributed by atoms with Crippen LogP contribution in [0.3, 0.4) is 0 Å². The van der Waals surface area contributed by atoms with Gasteiger partial charge in [-0.1, -0.05) is 44.6 Å². The van der Waals surface area contributed by atoms with Gasteiger partial charge in [-0.2, -0.15) is 0 Å². The van der Waals surface area contributed by atoms with Gasteiger partial charge in [0.15, 0.2) is 6.61 Å². The van der Waals surface area contributed by atoms with Gasteiger partial charge in [-0.05, 0) is 46.0 Å². The highest BCUT2D eigenvalue weighted by Gasteiger charge is 2.11. The summed E-state index contributed by atoms with van der Waals surface area (Å²) in [5.41, 5.74) is 1.21. The summed E-state index contributed by atoms with van der Waals surface area (Å²) in [7, 11) is 0. The summed E-state index contributed by atoms with van der Waals surface area (Å²) in [5, 5.41) is 12.2. The number of hydrogen-bond acceptors (Lipinski definition) is 5. The third-order valence-electron chi connectivity index (χ3n) is 3.44. The van der Waals surface area contributed by atoms with Gasteiger partial charge in [-0.25, -0.2) is 0 Å². The smallest absolute Gasteiger partial charge is 0.264 e. The van der Waals surface area contributed by atoms with E-state index in [-0.39, 0.29) is 12.5 Å². The molecule has 1 amide bonds. The first-order valence-electron chi connectivity index (χ1n) is 8.04. The molecule has 2 aromatic rings. The minimum absolute atomic E-state index is 0.0660. The molecule has 130 valence electrons. The van der Waals surface area contributed by atoms with Gasteiger partial charge in [-0.3, -0.25) is 10.1 Å². The lowest BCUT2D eigenvalue weighted by atomic mass is 10.0. The Balaban J connectivity index is 1.86. The lowest BCUT2D eigenvalue weighted by molar-refractivity contribution is -0.118. The zero-order chi connectivity index (χ0) is 17.5. The van der Waals surface area contributed by atoms with Crippen molar-refractivity contribution in [3.8, 4) is 5.75 Å². The Kier molecular flexibility index (Phi) is 7.17. The topological polar surface area (TPSA) is 64.1 Å². The molecule has 0 unspecified atom stereocenters. The second-order valence-electron chi connectivity index (χ2n) is 5.79. The molecule has 7 heteroatoms. The number of anilines is 1. The van der Waals surface area contributed by atoms with Crippen LogP contribution in [-0.2, 0) is 11.2 Å². The predicted octanol–water partition coefficient (Wildman–Crippen LogP) is 4.78. The number of unbranched alkanes of at least 4 members (excludes halogenated alkanes) is 1. The maximum Gasteiger partial charge on any atom is 0.264 e. The number of aryl methyl sites for hydroxylation is 1. The normalized spacial score (nSPS) is 10.9. The Hall–Kier alpha value is -1.47. The molecular formula is C17H22BrN3O2S. The van der Waals surface area contributed by atoms with Crippen molar-refractivity contribution in [2.75, 3.05) is 11.9 Å². The van der Waals surface area contributed by atoms with Crippen LogP contribution in [0.25, 0.3) is 0 Å². The summed E-state index contributed by atoms with van der Waals surface area (Å²) in [6.45, 7) is 6.33. The molecular weight excluding hydrogens is 390 g/mol. The molecule has 5 nitrogen and oxygen atoms in total. The Morgan fingerprint density at radius 3 is 2.83 bits per heavy atom. The fourth-order valence-electron chi connectivity index (χ4n) is 2.03. The lowest BCUT2D eigenvalue weighted by Gasteiger charge is -2.11. The second kappa shape index (κ2) is 9.13. The van der Waals surface area contributed by atoms with E-state index in [0.717, 1.165) is 28.7 Å². The van der Waals surface area contributed by atoms with E-state index in [1.807, 2.05) is 18.2 Å². The molecule has 1 aromatic heterocycles. The number of aromatic nitrogens is 2. The van der Waals surface area contributed by atoms with Crippen LogP contribution in [0.15, 0.2) is 22.7 Å². The third kappa shape index (κ3) is 5.56. The van der Waals surface area contributed by atoms with E-state index in [9.17, 15) is 4.79 Å². The van der Waals surface area contributed by atoms with Crippen LogP contribution in [0, 0.1) is 0 Å². The molecule has 0 radical (unpaired) electrons. The van der Waals surface area contributed by atoms with Gasteiger partial charge < -0.3 is 4.74 Å². The molecule has 0 aliphatic heterocycles. The predicted molar refractivity (Wildman–Crippen MR) is 101 cm³/mol. The summed E-state index contributed by atoms with van der Waals surface area (Å²) in [6, 6.07) is 5.90. The van der Waals surface area contributed by atoms with E-state index in [1.54, 1.807) is 0 Å². The lowest BCUT2D eigenvalue weighted by Crippen LogP contribution is -2.20. The van der Waals surface area contributed by atoms with Crippen molar-refractivity contribution in [1.29, 1.82) is 0 Å². The van der Waals surface area contributed by atoms with Crippen LogP contribution in [0.4, 0.5) is 5.13 Å². The van der Waals surface area contributed by atoms with E-state index in [0.29, 0.717) is 16.8 Å². The Labute approximate surface area is 155 Å². The first-order valence-corrected chi connectivity index (χ1v) is 9.65. The van der Waals surface area contributed by atoms with E-state index in [2.05, 4.69) is 52.2 Å². The molecule has 0 spiro atoms. The van der Waals surface area contributed by atoms with E-state index in [1.165, 1.54) is 16.9 Å². The van der Waals surface area contributed by atoms with Gasteiger partial charge in [0.05, 0.1) is 4.47 Å². The van der Waals surface area contributed by atoms with Gasteiger partial charge >= 0.3 is 0 Å². The van der Waals surface area contributed by atoms with Crippen molar-refractivity contribution in [3.63, 3.8) is 0 Å². The number of hydrogen-bond donors (Lipinski definition) is 1. The summed E-state index contributed by atoms with van der Waals surface area (Å²) in [6.07, 6.45) is 3.08. The van der Waals surface area contributed by atoms with E-state index < -0.39 is 0 Å². The third-order valence-corrected chi connectivity index (χ3v) is 4.96. The largest absolute Gasteiger partial charge is 0.483 e. The van der Waals surface area contributed by atoms with Gasteiger partial charge in [0.1, 0.15) is 10.8 Å². The van der Waals surface area contributed by atoms with Gasteiger partial charge in [0.25, 0.3) is 5.91 Å². The van der Waals surface area contributed by atoms with Crippen LogP contribution >= 0.6 is 27.3 Å². The molecule has 1 heterocycles. The fourth-order valence-corrected chi connectivity index (χ4v) is 3.33. The number of rotatable bonds is 8. The van der Waals surface area contributed by atoms with Crippen LogP contribution < -0.4 is 10.1 Å². The van der Waals surface area contributed by atoms with Crippen LogP contribution in [0.1, 0.15) is 50.1 Å². The standard InChI is InChI=1S/C17H22BrN3O2S/c1-4-5-6-16-20-21-17(24-16)19-15(22)10-23-14-8-7-12(11(2)3)9-13(14)18/h7-9,11H,4-6,10H2,1-3H3,(H,19,21,22). The first-order chi connectivity index (χ1) is 11.5. The molecule has 0 aliphatic carbocycles. The molecule has 0 fully saturated rings. The van der Waals surface area contributed by atoms with Crippen molar-refractivity contribution in [2.24, 2.45) is 0 Å². The minimum Gasteiger partial charge on any atom is -0.483 e. The number of halogens is 1. The quantitative estimate of drug-likeness (QED) is 0.678. The van der Waals surface area contributed by atoms with Crippen LogP contribution in [0.2, 0.25) is 0 Å². The van der Waals surface area contributed by atoms with Crippen molar-refractivity contribution < 1.29 is 9.53 Å². The van der Waals surface area contributed by atoms with Gasteiger partial charge in [-0.15, -0.1) is 10.2 Å². The number of carbonyl (C=O) groups excluding carboxylic acids is 1. The monoisotopic (exact) mass is 411 g/mol. The van der Waals surface area contributed by atoms with E-state index in [4.69, 9.17) is 4.74 Å². The maximum atomic E-state index is 12.0. The average Bonchev–Trinajstić information content (AvgIpc) is 2.98. The number of benzene rings is 1. The molecule has 0 saturated heterocycles. The number of nitrogens with zero attached hydrogens (tertiary/aromatic N) is 2. The molecule has 0 aliphatic rings. The Bertz CT molecular complexity index is 688. The maximum absolute atomic E-state index is 12.0. The average molecular weight is 412 g/mol. The zero-order valence-corrected chi connectivity index (χ0v) is 16.5. The summed E-state index contributed by atoms with van der Waals surface area (Å²) < 4.78 is 6.42. The second-order valence-corrected chi connectivity index (χ2v) is 7.70. The van der Waals surface area contributed by atoms with Crippen LogP contribution in [0.5, 0.6) is 5.75 Å². The van der Waals surface area contributed by atoms with Crippen LogP contribution in [-0.4, -0.2) is 22.7 Å². The highest BCUT2D eigenvalue weighted by molar-refractivity contribution is 9.10. The van der Waals surface area contributed by atoms with Crippen molar-refractivity contribution >= 4 is 38.3 Å². The van der Waals surface area contributed by atoms with Crippen molar-refractivity contribution in [3.05, 3.63) is 33.2 Å². The molecule has 0 bridgehead atoms. The Morgan fingerprint density at radius 2 is 2.17 bits per heavy atom. The van der Waals surface area contributed by atoms with Gasteiger partial charge in [0, 0.05) is 6.42 Å². The minimum atomic E-state index is -0.243. The highest BCUT2D eigenvalue weighted by atomic mass is 79.9. The van der Waals surface area contributed by atoms with Gasteiger partial charge in [0.2, 0.25) is 5.13 Å². The van der Waals surface area contributed by atoms with E-state index >= 15 is 0 Å².